The molecule has 2 N–H and O–H groups in total. The van der Waals surface area contributed by atoms with Crippen LogP contribution in [-0.2, 0) is 25.7 Å². The van der Waals surface area contributed by atoms with Gasteiger partial charge in [-0.05, 0) is 221 Å². The fraction of sp³-hybridized carbons (Fsp3) is 0.250. The van der Waals surface area contributed by atoms with E-state index in [1.165, 1.54) is 55.6 Å². The molecule has 12 rings (SSSR count). The Morgan fingerprint density at radius 1 is 0.361 bits per heavy atom. The molecule has 0 spiro atoms. The van der Waals surface area contributed by atoms with Gasteiger partial charge in [0.15, 0.2) is 0 Å². The summed E-state index contributed by atoms with van der Waals surface area (Å²) in [7, 11) is -3.61. The molecular formula is C64H62N2O4P2. The predicted molar refractivity (Wildman–Crippen MR) is 305 cm³/mol. The number of hydrogen-bond donors (Lipinski definition) is 2. The van der Waals surface area contributed by atoms with Crippen LogP contribution in [0.15, 0.2) is 138 Å². The van der Waals surface area contributed by atoms with Crippen LogP contribution < -0.4 is 10.2 Å². The van der Waals surface area contributed by atoms with Crippen molar-refractivity contribution in [2.24, 2.45) is 0 Å². The second kappa shape index (κ2) is 18.6. The van der Waals surface area contributed by atoms with Crippen LogP contribution in [-0.4, -0.2) is 0 Å². The number of aryl methyl sites for hydroxylation is 10. The molecule has 2 aromatic heterocycles. The van der Waals surface area contributed by atoms with Crippen LogP contribution in [0.2, 0.25) is 0 Å². The zero-order chi connectivity index (χ0) is 49.4. The van der Waals surface area contributed by atoms with E-state index in [4.69, 9.17) is 16.8 Å². The average Bonchev–Trinajstić information content (AvgIpc) is 3.62. The van der Waals surface area contributed by atoms with Gasteiger partial charge in [0.2, 0.25) is 0 Å². The first-order chi connectivity index (χ1) is 34.9. The van der Waals surface area contributed by atoms with Gasteiger partial charge in [-0.1, -0.05) is 84.9 Å². The number of nitrogens with one attached hydrogen (secondary N) is 2. The molecule has 0 saturated heterocycles. The minimum absolute atomic E-state index is 0.858. The average molecular weight is 985 g/mol. The van der Waals surface area contributed by atoms with Crippen molar-refractivity contribution in [3.63, 3.8) is 0 Å². The fourth-order valence-electron chi connectivity index (χ4n) is 12.0. The first-order valence-corrected chi connectivity index (χ1v) is 28.1. The van der Waals surface area contributed by atoms with E-state index in [1.807, 2.05) is 0 Å². The Morgan fingerprint density at radius 3 is 0.986 bits per heavy atom. The summed E-state index contributed by atoms with van der Waals surface area (Å²) in [6, 6.07) is 44.7. The van der Waals surface area contributed by atoms with Crippen LogP contribution in [0.3, 0.4) is 0 Å². The lowest BCUT2D eigenvalue weighted by atomic mass is 9.76. The van der Waals surface area contributed by atoms with Crippen molar-refractivity contribution in [1.82, 2.24) is 0 Å². The summed E-state index contributed by atoms with van der Waals surface area (Å²) >= 11 is 0. The molecule has 0 aliphatic heterocycles. The lowest BCUT2D eigenvalue weighted by molar-refractivity contribution is 0.642. The van der Waals surface area contributed by atoms with Crippen molar-refractivity contribution in [2.75, 3.05) is 10.2 Å². The van der Waals surface area contributed by atoms with Gasteiger partial charge in [-0.15, -0.1) is 0 Å². The molecule has 362 valence electrons. The molecule has 2 heterocycles. The third-order valence-electron chi connectivity index (χ3n) is 15.1. The molecule has 0 amide bonds. The minimum atomic E-state index is -1.80. The molecule has 0 unspecified atom stereocenters. The molecule has 2 aliphatic carbocycles. The lowest BCUT2D eigenvalue weighted by Crippen LogP contribution is -2.13. The van der Waals surface area contributed by atoms with E-state index in [-0.39, 0.29) is 0 Å². The molecule has 8 aromatic carbocycles. The molecular weight excluding hydrogens is 923 g/mol. The Kier molecular flexibility index (Phi) is 12.0. The highest BCUT2D eigenvalue weighted by molar-refractivity contribution is 7.39. The van der Waals surface area contributed by atoms with Crippen molar-refractivity contribution in [1.29, 1.82) is 0 Å². The molecule has 0 radical (unpaired) electrons. The van der Waals surface area contributed by atoms with Gasteiger partial charge in [0.1, 0.15) is 22.3 Å². The standard InChI is InChI=1S/C64H62N2O4P2/c1-37-27-41(5)61-53(31-37)54-32-38(2)28-42(6)62(54)68-71(67-61)65-59-51(45-19-11-9-12-20-45)35-47-23-15-17-25-49(47)57(59)58-50-26-18-16-24-48(50)36-52(46-21-13-10-14-22-46)60(58)66-72-69-63-43(7)29-39(3)33-55(63)56-34-40(4)30-44(8)64(56)70-72/h9-14,19-22,27-36,65-66H,15-18,23-26H2,1-8H3. The van der Waals surface area contributed by atoms with Crippen LogP contribution in [0.25, 0.3) is 77.3 Å². The van der Waals surface area contributed by atoms with Crippen molar-refractivity contribution in [2.45, 2.75) is 107 Å². The van der Waals surface area contributed by atoms with Gasteiger partial charge in [-0.2, -0.15) is 0 Å². The smallest absolute Gasteiger partial charge is 0.338 e. The van der Waals surface area contributed by atoms with Crippen molar-refractivity contribution < 1.29 is 16.8 Å². The Balaban J connectivity index is 1.23. The number of hydrogen-bond acceptors (Lipinski definition) is 6. The summed E-state index contributed by atoms with van der Waals surface area (Å²) in [5.41, 5.74) is 27.2. The maximum Gasteiger partial charge on any atom is 0.338 e. The summed E-state index contributed by atoms with van der Waals surface area (Å²) < 4.78 is 29.2. The summed E-state index contributed by atoms with van der Waals surface area (Å²) in [5, 5.41) is 12.6. The van der Waals surface area contributed by atoms with E-state index in [0.29, 0.717) is 0 Å². The molecule has 6 nitrogen and oxygen atoms in total. The van der Waals surface area contributed by atoms with Gasteiger partial charge in [-0.3, -0.25) is 10.2 Å². The first kappa shape index (κ1) is 46.2. The normalized spacial score (nSPS) is 13.4. The third kappa shape index (κ3) is 8.33. The van der Waals surface area contributed by atoms with Crippen LogP contribution in [0.4, 0.5) is 11.4 Å². The van der Waals surface area contributed by atoms with Crippen LogP contribution >= 0.6 is 16.3 Å². The summed E-state index contributed by atoms with van der Waals surface area (Å²) in [6.45, 7) is 17.3. The van der Waals surface area contributed by atoms with Gasteiger partial charge in [0.05, 0.1) is 11.4 Å². The molecule has 0 saturated carbocycles. The van der Waals surface area contributed by atoms with E-state index in [0.717, 1.165) is 151 Å². The summed E-state index contributed by atoms with van der Waals surface area (Å²) in [5.74, 6) is 0. The number of fused-ring (bicyclic) bond motifs is 8. The van der Waals surface area contributed by atoms with Gasteiger partial charge in [-0.25, -0.2) is 0 Å². The number of anilines is 2. The quantitative estimate of drug-likeness (QED) is 0.166. The Bertz CT molecular complexity index is 3510. The van der Waals surface area contributed by atoms with E-state index in [9.17, 15) is 0 Å². The highest BCUT2D eigenvalue weighted by atomic mass is 31.1. The van der Waals surface area contributed by atoms with E-state index < -0.39 is 16.3 Å². The van der Waals surface area contributed by atoms with Gasteiger partial charge in [0.25, 0.3) is 0 Å². The highest BCUT2D eigenvalue weighted by Gasteiger charge is 2.31. The Labute approximate surface area is 424 Å². The minimum Gasteiger partial charge on any atom is -0.404 e. The van der Waals surface area contributed by atoms with Gasteiger partial charge >= 0.3 is 16.3 Å². The molecule has 72 heavy (non-hydrogen) atoms. The summed E-state index contributed by atoms with van der Waals surface area (Å²) in [6.07, 6.45) is 8.44. The topological polar surface area (TPSA) is 76.6 Å². The van der Waals surface area contributed by atoms with Gasteiger partial charge in [0, 0.05) is 43.8 Å². The van der Waals surface area contributed by atoms with Crippen molar-refractivity contribution in [3.05, 3.63) is 188 Å². The van der Waals surface area contributed by atoms with Crippen LogP contribution in [0, 0.1) is 55.4 Å². The molecule has 0 bridgehead atoms. The Morgan fingerprint density at radius 2 is 0.667 bits per heavy atom. The van der Waals surface area contributed by atoms with Crippen LogP contribution in [0.5, 0.6) is 0 Å². The maximum atomic E-state index is 7.31. The van der Waals surface area contributed by atoms with Crippen molar-refractivity contribution >= 4 is 71.6 Å². The molecule has 0 atom stereocenters. The highest BCUT2D eigenvalue weighted by Crippen LogP contribution is 2.55. The SMILES string of the molecule is Cc1cc(C)c2op(Nc3c(-c4ccccc4)cc4c(c3-c3c5c(cc(-c6ccccc6)c3Np3oc6c(C)cc(C)cc6c6cc(C)cc(C)c6o3)CCCC5)CCCC4)oc3c(C)cc(C)cc3c2c1. The summed E-state index contributed by atoms with van der Waals surface area (Å²) in [4.78, 5) is 0. The van der Waals surface area contributed by atoms with E-state index >= 15 is 0 Å². The monoisotopic (exact) mass is 984 g/mol. The van der Waals surface area contributed by atoms with E-state index in [1.54, 1.807) is 0 Å². The fourth-order valence-corrected chi connectivity index (χ4v) is 14.8. The second-order valence-electron chi connectivity index (χ2n) is 20.7. The number of benzene rings is 8. The first-order valence-electron chi connectivity index (χ1n) is 25.8. The third-order valence-corrected chi connectivity index (χ3v) is 17.3. The predicted octanol–water partition coefficient (Wildman–Crippen LogP) is 19.9. The Hall–Kier alpha value is -6.84. The molecule has 8 heteroatoms. The van der Waals surface area contributed by atoms with Gasteiger partial charge < -0.3 is 16.8 Å². The zero-order valence-corrected chi connectivity index (χ0v) is 44.5. The molecule has 0 fully saturated rings. The molecule has 2 aliphatic rings. The largest absolute Gasteiger partial charge is 0.404 e. The van der Waals surface area contributed by atoms with Crippen molar-refractivity contribution in [3.8, 4) is 33.4 Å². The second-order valence-corrected chi connectivity index (χ2v) is 22.9. The lowest BCUT2D eigenvalue weighted by Gasteiger charge is -2.31. The van der Waals surface area contributed by atoms with Crippen LogP contribution in [0.1, 0.15) is 92.4 Å². The molecule has 10 aromatic rings. The number of rotatable bonds is 7. The maximum absolute atomic E-state index is 7.31. The zero-order valence-electron chi connectivity index (χ0n) is 42.7. The van der Waals surface area contributed by atoms with E-state index in [2.05, 4.69) is 187 Å².